The Morgan fingerprint density at radius 1 is 0.707 bits per heavy atom. The fourth-order valence-corrected chi connectivity index (χ4v) is 7.81. The minimum absolute atomic E-state index is 0.423. The third-order valence-corrected chi connectivity index (χ3v) is 13.4. The number of aromatic nitrogens is 6. The van der Waals surface area contributed by atoms with Crippen LogP contribution in [0, 0.1) is 0 Å². The van der Waals surface area contributed by atoms with Crippen molar-refractivity contribution < 1.29 is 27.4 Å². The van der Waals surface area contributed by atoms with Crippen LogP contribution < -0.4 is 11.5 Å². The second kappa shape index (κ2) is 20.4. The van der Waals surface area contributed by atoms with Gasteiger partial charge in [-0.15, -0.1) is 0 Å². The van der Waals surface area contributed by atoms with Gasteiger partial charge < -0.3 is 39.5 Å². The van der Waals surface area contributed by atoms with E-state index >= 15 is 0 Å². The van der Waals surface area contributed by atoms with Crippen LogP contribution in [0.3, 0.4) is 0 Å². The monoisotopic (exact) mass is 842 g/mol. The largest absolute Gasteiger partial charge is 0.384 e. The van der Waals surface area contributed by atoms with Crippen molar-refractivity contribution in [3.8, 4) is 0 Å². The standard InChI is InChI=1S/C20H33N5O3S.C20H29N5O3S/c2*1-24(29(3,4)26)10-13-28-14-11-25-17(9-12-27-2)23-18-19(25)15-7-5-6-8-16(15)22-20(18)21/h3,5-14H2,1-2,4H3,(H2,21,22);5-8H,3,9-14H2,1-2,4H3,(H2,21,22). The summed E-state index contributed by atoms with van der Waals surface area (Å²) in [5, 5.41) is 1.01. The van der Waals surface area contributed by atoms with E-state index in [9.17, 15) is 8.42 Å². The van der Waals surface area contributed by atoms with Crippen LogP contribution in [0.4, 0.5) is 11.6 Å². The molecule has 4 heterocycles. The molecule has 4 aromatic heterocycles. The van der Waals surface area contributed by atoms with E-state index < -0.39 is 19.4 Å². The van der Waals surface area contributed by atoms with Crippen LogP contribution >= 0.6 is 0 Å². The zero-order valence-corrected chi connectivity index (χ0v) is 36.7. The van der Waals surface area contributed by atoms with Gasteiger partial charge in [0.25, 0.3) is 0 Å². The third kappa shape index (κ3) is 11.2. The van der Waals surface area contributed by atoms with Gasteiger partial charge in [-0.2, -0.15) is 0 Å². The first kappa shape index (κ1) is 45.2. The van der Waals surface area contributed by atoms with Crippen LogP contribution in [0.15, 0.2) is 24.3 Å². The SMILES string of the molecule is C=S(C)(=O)N(C)CCOCCn1c(CCOC)nc2c(N)nc3c(c21)CCCC3.C=S(C)(=O)N(C)CCOCCn1c(CCOC)nc2c(N)nc3ccccc3c21. The molecule has 0 saturated heterocycles. The number of hydrogen-bond acceptors (Lipinski definition) is 12. The van der Waals surface area contributed by atoms with Gasteiger partial charge in [-0.3, -0.25) is 8.42 Å². The van der Waals surface area contributed by atoms with Crippen molar-refractivity contribution >= 4 is 75.8 Å². The van der Waals surface area contributed by atoms with Crippen molar-refractivity contribution in [2.75, 3.05) is 105 Å². The average molecular weight is 843 g/mol. The van der Waals surface area contributed by atoms with Crippen molar-refractivity contribution in [1.82, 2.24) is 37.7 Å². The molecular weight excluding hydrogens is 781 g/mol. The molecule has 0 radical (unpaired) electrons. The van der Waals surface area contributed by atoms with Crippen molar-refractivity contribution in [3.05, 3.63) is 47.2 Å². The highest BCUT2D eigenvalue weighted by molar-refractivity contribution is 7.97. The van der Waals surface area contributed by atoms with Gasteiger partial charge in [0.1, 0.15) is 22.7 Å². The minimum Gasteiger partial charge on any atom is -0.384 e. The minimum atomic E-state index is -2.20. The van der Waals surface area contributed by atoms with E-state index in [-0.39, 0.29) is 0 Å². The van der Waals surface area contributed by atoms with Crippen molar-refractivity contribution in [2.24, 2.45) is 0 Å². The molecule has 1 aromatic carbocycles. The maximum Gasteiger partial charge on any atom is 0.152 e. The summed E-state index contributed by atoms with van der Waals surface area (Å²) in [7, 11) is 2.55. The Morgan fingerprint density at radius 2 is 1.21 bits per heavy atom. The molecule has 1 aliphatic rings. The zero-order valence-electron chi connectivity index (χ0n) is 35.0. The topological polar surface area (TPSA) is 191 Å². The number of likely N-dealkylation sites (N-methyl/N-ethyl adjacent to an activating group) is 2. The predicted octanol–water partition coefficient (Wildman–Crippen LogP) is 2.86. The van der Waals surface area contributed by atoms with Gasteiger partial charge in [0, 0.05) is 96.2 Å². The number of nitrogens with zero attached hydrogens (tertiary/aromatic N) is 8. The second-order valence-electron chi connectivity index (χ2n) is 14.7. The Labute approximate surface area is 343 Å². The lowest BCUT2D eigenvalue weighted by atomic mass is 9.95. The lowest BCUT2D eigenvalue weighted by Gasteiger charge is -2.19. The summed E-state index contributed by atoms with van der Waals surface area (Å²) in [4.78, 5) is 18.7. The quantitative estimate of drug-likeness (QED) is 0.0863. The van der Waals surface area contributed by atoms with Gasteiger partial charge in [-0.25, -0.2) is 28.5 Å². The molecule has 0 amide bonds. The molecule has 0 aliphatic heterocycles. The number of benzene rings is 1. The van der Waals surface area contributed by atoms with Gasteiger partial charge in [0.15, 0.2) is 11.6 Å². The van der Waals surface area contributed by atoms with E-state index in [2.05, 4.69) is 30.8 Å². The van der Waals surface area contributed by atoms with E-state index in [4.69, 9.17) is 40.4 Å². The number of anilines is 2. The molecule has 1 aliphatic carbocycles. The molecule has 4 N–H and O–H groups in total. The normalized spacial score (nSPS) is 15.2. The first-order valence-corrected chi connectivity index (χ1v) is 23.7. The molecule has 0 fully saturated rings. The van der Waals surface area contributed by atoms with Crippen LogP contribution in [0.5, 0.6) is 0 Å². The van der Waals surface area contributed by atoms with Crippen LogP contribution in [0.1, 0.15) is 35.7 Å². The van der Waals surface area contributed by atoms with Crippen LogP contribution in [0.2, 0.25) is 0 Å². The number of fused-ring (bicyclic) bond motifs is 6. The number of imidazole rings is 2. The van der Waals surface area contributed by atoms with Crippen LogP contribution in [-0.2, 0) is 77.1 Å². The first-order valence-electron chi connectivity index (χ1n) is 19.6. The molecule has 0 saturated carbocycles. The summed E-state index contributed by atoms with van der Waals surface area (Å²) in [5.74, 6) is 10.1. The Morgan fingerprint density at radius 3 is 1.76 bits per heavy atom. The predicted molar refractivity (Wildman–Crippen MR) is 238 cm³/mol. The number of para-hydroxylation sites is 1. The average Bonchev–Trinajstić information content (AvgIpc) is 3.74. The lowest BCUT2D eigenvalue weighted by molar-refractivity contribution is 0.119. The highest BCUT2D eigenvalue weighted by Gasteiger charge is 2.23. The summed E-state index contributed by atoms with van der Waals surface area (Å²) < 4.78 is 53.8. The molecule has 0 bridgehead atoms. The van der Waals surface area contributed by atoms with Crippen molar-refractivity contribution in [3.63, 3.8) is 0 Å². The Balaban J connectivity index is 0.000000221. The van der Waals surface area contributed by atoms with Crippen LogP contribution in [-0.4, -0.2) is 151 Å². The number of ether oxygens (including phenoxy) is 4. The number of pyridine rings is 2. The Bertz CT molecular complexity index is 2380. The number of hydrogen-bond donors (Lipinski definition) is 2. The molecule has 2 atom stereocenters. The number of rotatable bonds is 20. The fraction of sp³-hybridized carbons (Fsp3) is 0.550. The molecule has 58 heavy (non-hydrogen) atoms. The second-order valence-corrected chi connectivity index (χ2v) is 19.8. The maximum absolute atomic E-state index is 11.9. The first-order chi connectivity index (χ1) is 27.6. The highest BCUT2D eigenvalue weighted by Crippen LogP contribution is 2.32. The Kier molecular flexibility index (Phi) is 15.9. The van der Waals surface area contributed by atoms with Crippen molar-refractivity contribution in [2.45, 2.75) is 51.6 Å². The van der Waals surface area contributed by atoms with Gasteiger partial charge in [-0.1, -0.05) is 18.2 Å². The summed E-state index contributed by atoms with van der Waals surface area (Å²) in [6.07, 6.45) is 8.93. The van der Waals surface area contributed by atoms with Gasteiger partial charge >= 0.3 is 0 Å². The summed E-state index contributed by atoms with van der Waals surface area (Å²) in [6.45, 7) is 5.61. The number of nitrogen functional groups attached to an aromatic ring is 2. The smallest absolute Gasteiger partial charge is 0.152 e. The summed E-state index contributed by atoms with van der Waals surface area (Å²) in [5.41, 5.74) is 19.2. The molecule has 18 heteroatoms. The van der Waals surface area contributed by atoms with E-state index in [0.717, 1.165) is 70.5 Å². The van der Waals surface area contributed by atoms with Gasteiger partial charge in [-0.05, 0) is 63.1 Å². The van der Waals surface area contributed by atoms with Crippen LogP contribution in [0.25, 0.3) is 33.0 Å². The summed E-state index contributed by atoms with van der Waals surface area (Å²) in [6, 6.07) is 7.91. The van der Waals surface area contributed by atoms with E-state index in [0.29, 0.717) is 95.8 Å². The molecule has 16 nitrogen and oxygen atoms in total. The lowest BCUT2D eigenvalue weighted by Crippen LogP contribution is -2.29. The number of aryl methyl sites for hydroxylation is 2. The van der Waals surface area contributed by atoms with Crippen molar-refractivity contribution in [1.29, 1.82) is 0 Å². The molecule has 320 valence electrons. The summed E-state index contributed by atoms with van der Waals surface area (Å²) >= 11 is 0. The number of nitrogens with two attached hydrogens (primary N) is 2. The Hall–Kier alpha value is -3.88. The third-order valence-electron chi connectivity index (χ3n) is 10.4. The van der Waals surface area contributed by atoms with E-state index in [1.54, 1.807) is 49.4 Å². The van der Waals surface area contributed by atoms with Gasteiger partial charge in [0.2, 0.25) is 0 Å². The molecule has 2 unspecified atom stereocenters. The van der Waals surface area contributed by atoms with E-state index in [1.165, 1.54) is 5.56 Å². The fourth-order valence-electron chi connectivity index (χ4n) is 6.89. The molecule has 5 aromatic rings. The molecular formula is C40H62N10O6S2. The highest BCUT2D eigenvalue weighted by atomic mass is 32.2. The van der Waals surface area contributed by atoms with Gasteiger partial charge in [0.05, 0.1) is 56.2 Å². The number of methoxy groups -OCH3 is 2. The maximum atomic E-state index is 11.9. The molecule has 0 spiro atoms. The van der Waals surface area contributed by atoms with E-state index in [1.807, 2.05) is 24.3 Å². The zero-order chi connectivity index (χ0) is 42.0. The molecule has 6 rings (SSSR count).